The molecule has 0 spiro atoms. The number of hydrogen-bond acceptors (Lipinski definition) is 7. The number of hydrogen-bond donors (Lipinski definition) is 3. The Morgan fingerprint density at radius 2 is 2.10 bits per heavy atom. The Hall–Kier alpha value is -3.16. The van der Waals surface area contributed by atoms with E-state index in [1.807, 2.05) is 6.20 Å². The van der Waals surface area contributed by atoms with Crippen molar-refractivity contribution in [3.8, 4) is 0 Å². The van der Waals surface area contributed by atoms with Crippen LogP contribution in [0.3, 0.4) is 0 Å². The normalized spacial score (nSPS) is 13.7. The van der Waals surface area contributed by atoms with Crippen LogP contribution >= 0.6 is 0 Å². The van der Waals surface area contributed by atoms with Crippen LogP contribution in [0.5, 0.6) is 0 Å². The summed E-state index contributed by atoms with van der Waals surface area (Å²) in [5.74, 6) is 2.36. The highest BCUT2D eigenvalue weighted by Gasteiger charge is 2.16. The molecule has 0 unspecified atom stereocenters. The first-order valence-corrected chi connectivity index (χ1v) is 11.0. The molecule has 0 bridgehead atoms. The largest absolute Gasteiger partial charge is 0.381 e. The molecular formula is C23H36N8. The average Bonchev–Trinajstić information content (AvgIpc) is 3.47. The number of amidine groups is 1. The van der Waals surface area contributed by atoms with E-state index < -0.39 is 0 Å². The number of nitrogens with one attached hydrogen (secondary N) is 3. The van der Waals surface area contributed by atoms with Crippen LogP contribution in [0, 0.1) is 0 Å². The molecule has 0 amide bonds. The van der Waals surface area contributed by atoms with E-state index in [1.54, 1.807) is 12.4 Å². The quantitative estimate of drug-likeness (QED) is 0.215. The summed E-state index contributed by atoms with van der Waals surface area (Å²) >= 11 is 0. The number of aromatic nitrogens is 2. The summed E-state index contributed by atoms with van der Waals surface area (Å²) in [7, 11) is 0. The third kappa shape index (κ3) is 7.24. The molecule has 0 saturated heterocycles. The number of rotatable bonds is 16. The van der Waals surface area contributed by atoms with Gasteiger partial charge in [0.15, 0.2) is 11.6 Å². The van der Waals surface area contributed by atoms with Crippen molar-refractivity contribution in [2.45, 2.75) is 46.0 Å². The van der Waals surface area contributed by atoms with Gasteiger partial charge in [-0.1, -0.05) is 26.5 Å². The molecular weight excluding hydrogens is 388 g/mol. The van der Waals surface area contributed by atoms with E-state index in [-0.39, 0.29) is 0 Å². The molecule has 0 radical (unpaired) electrons. The predicted octanol–water partition coefficient (Wildman–Crippen LogP) is 3.61. The number of imidazole rings is 1. The molecule has 2 rings (SSSR count). The highest BCUT2D eigenvalue weighted by atomic mass is 15.2. The zero-order valence-corrected chi connectivity index (χ0v) is 19.0. The average molecular weight is 425 g/mol. The van der Waals surface area contributed by atoms with Crippen LogP contribution in [0.4, 0.5) is 0 Å². The highest BCUT2D eigenvalue weighted by Crippen LogP contribution is 2.18. The Morgan fingerprint density at radius 1 is 1.29 bits per heavy atom. The zero-order valence-electron chi connectivity index (χ0n) is 19.0. The summed E-state index contributed by atoms with van der Waals surface area (Å²) in [4.78, 5) is 23.0. The molecule has 1 aliphatic rings. The summed E-state index contributed by atoms with van der Waals surface area (Å²) < 4.78 is 0. The standard InChI is InChI=1S/C23H36N8/c1-6-9-15-31(18(4)21(25-7-2)23(24-5)26-8-3)16-11-10-12-20-29-17-19(30-20)22-27-13-14-28-22/h8,13-14,25-26H,3-7,9-12,15-17H2,1-2H3,(H,27,28)/b23-21+. The van der Waals surface area contributed by atoms with Gasteiger partial charge >= 0.3 is 0 Å². The van der Waals surface area contributed by atoms with E-state index in [4.69, 9.17) is 0 Å². The minimum atomic E-state index is 0.604. The Labute approximate surface area is 186 Å². The second-order valence-corrected chi connectivity index (χ2v) is 7.23. The van der Waals surface area contributed by atoms with Gasteiger partial charge in [0.05, 0.1) is 12.2 Å². The van der Waals surface area contributed by atoms with Crippen LogP contribution in [0.15, 0.2) is 63.9 Å². The van der Waals surface area contributed by atoms with Crippen molar-refractivity contribution in [2.24, 2.45) is 15.0 Å². The van der Waals surface area contributed by atoms with Gasteiger partial charge in [-0.05, 0) is 39.1 Å². The third-order valence-electron chi connectivity index (χ3n) is 4.96. The van der Waals surface area contributed by atoms with E-state index >= 15 is 0 Å². The van der Waals surface area contributed by atoms with Gasteiger partial charge in [-0.2, -0.15) is 0 Å². The molecule has 0 aliphatic carbocycles. The highest BCUT2D eigenvalue weighted by molar-refractivity contribution is 6.10. The molecule has 0 aromatic carbocycles. The molecule has 0 atom stereocenters. The molecule has 0 saturated carbocycles. The summed E-state index contributed by atoms with van der Waals surface area (Å²) in [6.07, 6.45) is 10.3. The summed E-state index contributed by atoms with van der Waals surface area (Å²) in [6.45, 7) is 19.3. The van der Waals surface area contributed by atoms with Crippen LogP contribution < -0.4 is 10.6 Å². The van der Waals surface area contributed by atoms with Gasteiger partial charge in [0.1, 0.15) is 17.2 Å². The molecule has 1 aromatic heterocycles. The molecule has 168 valence electrons. The fourth-order valence-corrected chi connectivity index (χ4v) is 3.35. The maximum atomic E-state index is 4.63. The number of unbranched alkanes of at least 4 members (excludes halogenated alkanes) is 2. The van der Waals surface area contributed by atoms with Crippen LogP contribution in [0.1, 0.15) is 51.8 Å². The lowest BCUT2D eigenvalue weighted by molar-refractivity contribution is 0.332. The molecule has 8 heteroatoms. The summed E-state index contributed by atoms with van der Waals surface area (Å²) in [5, 5.41) is 6.43. The number of aliphatic imine (C=N–C) groups is 3. The molecule has 1 aromatic rings. The zero-order chi connectivity index (χ0) is 22.5. The lowest BCUT2D eigenvalue weighted by Gasteiger charge is -2.29. The van der Waals surface area contributed by atoms with Gasteiger partial charge < -0.3 is 20.5 Å². The van der Waals surface area contributed by atoms with Gasteiger partial charge in [0, 0.05) is 38.4 Å². The maximum absolute atomic E-state index is 4.63. The molecule has 2 heterocycles. The van der Waals surface area contributed by atoms with Gasteiger partial charge in [-0.15, -0.1) is 0 Å². The van der Waals surface area contributed by atoms with Crippen molar-refractivity contribution in [3.63, 3.8) is 0 Å². The summed E-state index contributed by atoms with van der Waals surface area (Å²) in [6, 6.07) is 0. The van der Waals surface area contributed by atoms with Gasteiger partial charge in [-0.3, -0.25) is 4.99 Å². The monoisotopic (exact) mass is 424 g/mol. The number of H-pyrrole nitrogens is 1. The van der Waals surface area contributed by atoms with Crippen molar-refractivity contribution in [2.75, 3.05) is 26.2 Å². The Balaban J connectivity index is 1.95. The summed E-state index contributed by atoms with van der Waals surface area (Å²) in [5.41, 5.74) is 2.70. The number of nitrogens with zero attached hydrogens (tertiary/aromatic N) is 5. The first-order chi connectivity index (χ1) is 15.1. The van der Waals surface area contributed by atoms with E-state index in [2.05, 4.69) is 74.2 Å². The van der Waals surface area contributed by atoms with E-state index in [0.29, 0.717) is 12.4 Å². The van der Waals surface area contributed by atoms with Crippen molar-refractivity contribution < 1.29 is 0 Å². The number of likely N-dealkylation sites (N-methyl/N-ethyl adjacent to an activating group) is 1. The maximum Gasteiger partial charge on any atom is 0.154 e. The van der Waals surface area contributed by atoms with Crippen molar-refractivity contribution in [3.05, 3.63) is 54.8 Å². The SMILES string of the molecule is C=CN/C(N=C)=C(/NCC)C(=C)N(CCCC)CCCCC1=NCC(c2ncc[nH]2)=N1. The van der Waals surface area contributed by atoms with Crippen LogP contribution in [-0.4, -0.2) is 59.3 Å². The minimum Gasteiger partial charge on any atom is -0.381 e. The first-order valence-electron chi connectivity index (χ1n) is 11.0. The molecule has 8 nitrogen and oxygen atoms in total. The smallest absolute Gasteiger partial charge is 0.154 e. The van der Waals surface area contributed by atoms with Crippen LogP contribution in [-0.2, 0) is 0 Å². The third-order valence-corrected chi connectivity index (χ3v) is 4.96. The first kappa shape index (κ1) is 24.1. The fourth-order valence-electron chi connectivity index (χ4n) is 3.35. The Morgan fingerprint density at radius 3 is 2.74 bits per heavy atom. The Bertz CT molecular complexity index is 817. The second-order valence-electron chi connectivity index (χ2n) is 7.23. The van der Waals surface area contributed by atoms with Crippen molar-refractivity contribution >= 4 is 18.3 Å². The van der Waals surface area contributed by atoms with Crippen molar-refractivity contribution in [1.82, 2.24) is 25.5 Å². The van der Waals surface area contributed by atoms with Gasteiger partial charge in [0.25, 0.3) is 0 Å². The predicted molar refractivity (Wildman–Crippen MR) is 130 cm³/mol. The van der Waals surface area contributed by atoms with E-state index in [1.165, 1.54) is 0 Å². The van der Waals surface area contributed by atoms with Crippen molar-refractivity contribution in [1.29, 1.82) is 0 Å². The minimum absolute atomic E-state index is 0.604. The van der Waals surface area contributed by atoms with Crippen LogP contribution in [0.2, 0.25) is 0 Å². The fraction of sp³-hybridized carbons (Fsp3) is 0.478. The molecule has 31 heavy (non-hydrogen) atoms. The van der Waals surface area contributed by atoms with Gasteiger partial charge in [-0.25, -0.2) is 15.0 Å². The van der Waals surface area contributed by atoms with Gasteiger partial charge in [0.2, 0.25) is 0 Å². The van der Waals surface area contributed by atoms with E-state index in [9.17, 15) is 0 Å². The van der Waals surface area contributed by atoms with Crippen LogP contribution in [0.25, 0.3) is 0 Å². The Kier molecular flexibility index (Phi) is 10.3. The lowest BCUT2D eigenvalue weighted by Crippen LogP contribution is -2.32. The topological polar surface area (TPSA) is 93.1 Å². The second kappa shape index (κ2) is 13.2. The lowest BCUT2D eigenvalue weighted by atomic mass is 10.2. The number of aromatic amines is 1. The molecule has 0 fully saturated rings. The van der Waals surface area contributed by atoms with E-state index in [0.717, 1.165) is 80.5 Å². The molecule has 1 aliphatic heterocycles. The molecule has 3 N–H and O–H groups in total.